The summed E-state index contributed by atoms with van der Waals surface area (Å²) < 4.78 is 26.6. The fourth-order valence-corrected chi connectivity index (χ4v) is 2.64. The summed E-state index contributed by atoms with van der Waals surface area (Å²) in [5.41, 5.74) is 2.15. The lowest BCUT2D eigenvalue weighted by molar-refractivity contribution is -0.133. The Labute approximate surface area is 151 Å². The third-order valence-electron chi connectivity index (χ3n) is 4.00. The first-order valence-corrected chi connectivity index (χ1v) is 8.41. The van der Waals surface area contributed by atoms with E-state index in [9.17, 15) is 18.4 Å². The van der Waals surface area contributed by atoms with E-state index in [-0.39, 0.29) is 17.5 Å². The number of carbonyl (C=O) groups excluding carboxylic acids is 2. The number of anilines is 2. The molecule has 0 heterocycles. The lowest BCUT2D eigenvalue weighted by Gasteiger charge is -2.20. The molecule has 6 heteroatoms. The molecule has 2 rings (SSSR count). The van der Waals surface area contributed by atoms with E-state index in [2.05, 4.69) is 10.6 Å². The van der Waals surface area contributed by atoms with E-state index in [0.717, 1.165) is 23.3 Å². The molecule has 0 aliphatic rings. The zero-order valence-corrected chi connectivity index (χ0v) is 15.2. The van der Waals surface area contributed by atoms with Gasteiger partial charge in [-0.05, 0) is 35.1 Å². The summed E-state index contributed by atoms with van der Waals surface area (Å²) in [5, 5.41) is 4.81. The predicted octanol–water partition coefficient (Wildman–Crippen LogP) is 4.79. The van der Waals surface area contributed by atoms with Gasteiger partial charge in [0, 0.05) is 11.8 Å². The summed E-state index contributed by atoms with van der Waals surface area (Å²) in [4.78, 5) is 24.5. The maximum atomic E-state index is 13.7. The standard InChI is InChI=1S/C20H22F2N2O2/c1-11(2)14-6-5-7-15(12(3)4)18(14)24-20(26)19(25)23-17-9-8-13(21)10-16(17)22/h5-12H,1-4H3,(H,23,25)(H,24,26). The maximum absolute atomic E-state index is 13.7. The highest BCUT2D eigenvalue weighted by Gasteiger charge is 2.21. The summed E-state index contributed by atoms with van der Waals surface area (Å²) in [6.07, 6.45) is 0. The average Bonchev–Trinajstić information content (AvgIpc) is 2.56. The molecular weight excluding hydrogens is 338 g/mol. The van der Waals surface area contributed by atoms with E-state index >= 15 is 0 Å². The fourth-order valence-electron chi connectivity index (χ4n) is 2.64. The van der Waals surface area contributed by atoms with Crippen molar-refractivity contribution in [1.82, 2.24) is 0 Å². The zero-order valence-electron chi connectivity index (χ0n) is 15.2. The number of hydrogen-bond donors (Lipinski definition) is 2. The van der Waals surface area contributed by atoms with Gasteiger partial charge in [-0.1, -0.05) is 45.9 Å². The highest BCUT2D eigenvalue weighted by Crippen LogP contribution is 2.32. The summed E-state index contributed by atoms with van der Waals surface area (Å²) >= 11 is 0. The first kappa shape index (κ1) is 19.6. The number of amides is 2. The number of carbonyl (C=O) groups is 2. The smallest absolute Gasteiger partial charge is 0.314 e. The van der Waals surface area contributed by atoms with Crippen molar-refractivity contribution >= 4 is 23.2 Å². The summed E-state index contributed by atoms with van der Waals surface area (Å²) in [7, 11) is 0. The van der Waals surface area contributed by atoms with Gasteiger partial charge in [-0.3, -0.25) is 9.59 Å². The first-order valence-electron chi connectivity index (χ1n) is 8.41. The predicted molar refractivity (Wildman–Crippen MR) is 98.2 cm³/mol. The number of rotatable bonds is 4. The van der Waals surface area contributed by atoms with Crippen LogP contribution in [0, 0.1) is 11.6 Å². The van der Waals surface area contributed by atoms with E-state index in [1.807, 2.05) is 45.9 Å². The Balaban J connectivity index is 2.25. The second-order valence-corrected chi connectivity index (χ2v) is 6.65. The molecule has 0 fully saturated rings. The van der Waals surface area contributed by atoms with Gasteiger partial charge in [0.15, 0.2) is 0 Å². The Morgan fingerprint density at radius 1 is 0.846 bits per heavy atom. The van der Waals surface area contributed by atoms with Gasteiger partial charge in [0.2, 0.25) is 0 Å². The molecule has 0 saturated heterocycles. The molecule has 0 atom stereocenters. The Morgan fingerprint density at radius 2 is 1.38 bits per heavy atom. The number of nitrogens with one attached hydrogen (secondary N) is 2. The third-order valence-corrected chi connectivity index (χ3v) is 4.00. The molecule has 2 amide bonds. The maximum Gasteiger partial charge on any atom is 0.314 e. The van der Waals surface area contributed by atoms with Crippen LogP contribution in [0.1, 0.15) is 50.7 Å². The van der Waals surface area contributed by atoms with Crippen molar-refractivity contribution in [2.45, 2.75) is 39.5 Å². The van der Waals surface area contributed by atoms with Crippen LogP contribution >= 0.6 is 0 Å². The Hall–Kier alpha value is -2.76. The van der Waals surface area contributed by atoms with Crippen molar-refractivity contribution in [3.8, 4) is 0 Å². The topological polar surface area (TPSA) is 58.2 Å². The monoisotopic (exact) mass is 360 g/mol. The van der Waals surface area contributed by atoms with Crippen molar-refractivity contribution < 1.29 is 18.4 Å². The summed E-state index contributed by atoms with van der Waals surface area (Å²) in [6, 6.07) is 8.40. The minimum Gasteiger partial charge on any atom is -0.317 e. The molecule has 2 aromatic carbocycles. The van der Waals surface area contributed by atoms with Crippen LogP contribution in [-0.2, 0) is 9.59 Å². The highest BCUT2D eigenvalue weighted by molar-refractivity contribution is 6.43. The first-order chi connectivity index (χ1) is 12.2. The SMILES string of the molecule is CC(C)c1cccc(C(C)C)c1NC(=O)C(=O)Nc1ccc(F)cc1F. The number of para-hydroxylation sites is 1. The van der Waals surface area contributed by atoms with Crippen LogP contribution < -0.4 is 10.6 Å². The molecule has 0 unspecified atom stereocenters. The lowest BCUT2D eigenvalue weighted by Crippen LogP contribution is -2.30. The summed E-state index contributed by atoms with van der Waals surface area (Å²) in [5.74, 6) is -3.37. The Bertz CT molecular complexity index is 806. The van der Waals surface area contributed by atoms with E-state index < -0.39 is 23.4 Å². The molecular formula is C20H22F2N2O2. The quantitative estimate of drug-likeness (QED) is 0.770. The molecule has 0 aliphatic heterocycles. The van der Waals surface area contributed by atoms with Crippen LogP contribution in [0.3, 0.4) is 0 Å². The van der Waals surface area contributed by atoms with Crippen LogP contribution in [0.2, 0.25) is 0 Å². The van der Waals surface area contributed by atoms with E-state index in [0.29, 0.717) is 11.8 Å². The van der Waals surface area contributed by atoms with Gasteiger partial charge >= 0.3 is 11.8 Å². The minimum atomic E-state index is -1.02. The van der Waals surface area contributed by atoms with Gasteiger partial charge < -0.3 is 10.6 Å². The Morgan fingerprint density at radius 3 is 1.88 bits per heavy atom. The van der Waals surface area contributed by atoms with Crippen LogP contribution in [0.5, 0.6) is 0 Å². The van der Waals surface area contributed by atoms with Crippen molar-refractivity contribution in [1.29, 1.82) is 0 Å². The summed E-state index contributed by atoms with van der Waals surface area (Å²) in [6.45, 7) is 7.96. The molecule has 0 aromatic heterocycles. The molecule has 0 saturated carbocycles. The second-order valence-electron chi connectivity index (χ2n) is 6.65. The van der Waals surface area contributed by atoms with Gasteiger partial charge in [0.25, 0.3) is 0 Å². The molecule has 2 N–H and O–H groups in total. The van der Waals surface area contributed by atoms with Gasteiger partial charge in [-0.2, -0.15) is 0 Å². The van der Waals surface area contributed by atoms with Crippen molar-refractivity contribution in [2.24, 2.45) is 0 Å². The Kier molecular flexibility index (Phi) is 6.08. The molecule has 138 valence electrons. The van der Waals surface area contributed by atoms with Crippen LogP contribution in [-0.4, -0.2) is 11.8 Å². The van der Waals surface area contributed by atoms with E-state index in [1.54, 1.807) is 0 Å². The van der Waals surface area contributed by atoms with Gasteiger partial charge in [0.05, 0.1) is 5.69 Å². The minimum absolute atomic E-state index is 0.140. The molecule has 2 aromatic rings. The van der Waals surface area contributed by atoms with Crippen LogP contribution in [0.15, 0.2) is 36.4 Å². The fraction of sp³-hybridized carbons (Fsp3) is 0.300. The largest absolute Gasteiger partial charge is 0.317 e. The second kappa shape index (κ2) is 8.08. The van der Waals surface area contributed by atoms with Gasteiger partial charge in [-0.25, -0.2) is 8.78 Å². The van der Waals surface area contributed by atoms with Crippen LogP contribution in [0.25, 0.3) is 0 Å². The van der Waals surface area contributed by atoms with Crippen molar-refractivity contribution in [2.75, 3.05) is 10.6 Å². The molecule has 0 radical (unpaired) electrons. The molecule has 4 nitrogen and oxygen atoms in total. The normalized spacial score (nSPS) is 10.9. The van der Waals surface area contributed by atoms with Gasteiger partial charge in [0.1, 0.15) is 11.6 Å². The zero-order chi connectivity index (χ0) is 19.4. The van der Waals surface area contributed by atoms with Crippen molar-refractivity contribution in [3.63, 3.8) is 0 Å². The molecule has 0 aliphatic carbocycles. The molecule has 0 bridgehead atoms. The van der Waals surface area contributed by atoms with E-state index in [4.69, 9.17) is 0 Å². The van der Waals surface area contributed by atoms with Crippen LogP contribution in [0.4, 0.5) is 20.2 Å². The highest BCUT2D eigenvalue weighted by atomic mass is 19.1. The number of halogens is 2. The third kappa shape index (κ3) is 4.45. The molecule has 0 spiro atoms. The number of hydrogen-bond acceptors (Lipinski definition) is 2. The average molecular weight is 360 g/mol. The lowest BCUT2D eigenvalue weighted by atomic mass is 9.92. The van der Waals surface area contributed by atoms with E-state index in [1.165, 1.54) is 0 Å². The molecule has 26 heavy (non-hydrogen) atoms. The number of benzene rings is 2. The van der Waals surface area contributed by atoms with Gasteiger partial charge in [-0.15, -0.1) is 0 Å². The van der Waals surface area contributed by atoms with Crippen molar-refractivity contribution in [3.05, 3.63) is 59.2 Å².